The van der Waals surface area contributed by atoms with Crippen LogP contribution in [0.1, 0.15) is 17.5 Å². The van der Waals surface area contributed by atoms with Crippen molar-refractivity contribution in [2.24, 2.45) is 23.7 Å². The molecular formula is C19H16FN3O3. The van der Waals surface area contributed by atoms with Crippen LogP contribution in [0.25, 0.3) is 0 Å². The predicted molar refractivity (Wildman–Crippen MR) is 87.4 cm³/mol. The number of fused-ring (bicyclic) bond motifs is 5. The summed E-state index contributed by atoms with van der Waals surface area (Å²) in [6, 6.07) is 5.82. The zero-order valence-corrected chi connectivity index (χ0v) is 13.8. The van der Waals surface area contributed by atoms with Crippen molar-refractivity contribution in [3.63, 3.8) is 0 Å². The molecule has 4 rings (SSSR count). The molecule has 1 saturated heterocycles. The summed E-state index contributed by atoms with van der Waals surface area (Å²) in [5.74, 6) is -2.13. The molecule has 1 saturated carbocycles. The van der Waals surface area contributed by atoms with Gasteiger partial charge in [-0.05, 0) is 30.4 Å². The van der Waals surface area contributed by atoms with E-state index in [1.54, 1.807) is 0 Å². The van der Waals surface area contributed by atoms with Crippen molar-refractivity contribution in [1.29, 1.82) is 5.26 Å². The van der Waals surface area contributed by atoms with Crippen LogP contribution in [0.3, 0.4) is 0 Å². The second-order valence-electron chi connectivity index (χ2n) is 6.96. The lowest BCUT2D eigenvalue weighted by atomic mass is 9.85. The molecule has 1 aromatic rings. The number of amides is 3. The molecule has 2 aliphatic carbocycles. The van der Waals surface area contributed by atoms with E-state index in [9.17, 15) is 18.8 Å². The second kappa shape index (κ2) is 6.06. The first-order valence-electron chi connectivity index (χ1n) is 8.48. The Morgan fingerprint density at radius 3 is 2.46 bits per heavy atom. The number of carbonyl (C=O) groups is 3. The molecule has 2 fully saturated rings. The Labute approximate surface area is 149 Å². The average Bonchev–Trinajstić information content (AvgIpc) is 3.30. The van der Waals surface area contributed by atoms with Gasteiger partial charge in [-0.15, -0.1) is 0 Å². The molecule has 1 aliphatic heterocycles. The highest BCUT2D eigenvalue weighted by Gasteiger charge is 2.59. The fraction of sp³-hybridized carbons (Fsp3) is 0.368. The molecule has 26 heavy (non-hydrogen) atoms. The zero-order chi connectivity index (χ0) is 18.4. The van der Waals surface area contributed by atoms with Gasteiger partial charge in [0.15, 0.2) is 0 Å². The highest BCUT2D eigenvalue weighted by atomic mass is 19.1. The lowest BCUT2D eigenvalue weighted by Gasteiger charge is -2.17. The van der Waals surface area contributed by atoms with Gasteiger partial charge in [0, 0.05) is 12.1 Å². The minimum atomic E-state index is -0.588. The van der Waals surface area contributed by atoms with Crippen molar-refractivity contribution in [3.05, 3.63) is 47.3 Å². The normalized spacial score (nSPS) is 28.4. The Morgan fingerprint density at radius 2 is 1.88 bits per heavy atom. The smallest absolute Gasteiger partial charge is 0.240 e. The van der Waals surface area contributed by atoms with Crippen molar-refractivity contribution in [3.8, 4) is 6.07 Å². The maximum absolute atomic E-state index is 13.8. The third-order valence-electron chi connectivity index (χ3n) is 5.52. The Morgan fingerprint density at radius 1 is 1.23 bits per heavy atom. The molecule has 4 atom stereocenters. The van der Waals surface area contributed by atoms with Crippen LogP contribution in [0.4, 0.5) is 4.39 Å². The monoisotopic (exact) mass is 353 g/mol. The number of rotatable bonds is 4. The number of hydrogen-bond acceptors (Lipinski definition) is 4. The van der Waals surface area contributed by atoms with Gasteiger partial charge in [0.25, 0.3) is 0 Å². The van der Waals surface area contributed by atoms with Crippen LogP contribution < -0.4 is 5.32 Å². The van der Waals surface area contributed by atoms with Gasteiger partial charge < -0.3 is 5.32 Å². The summed E-state index contributed by atoms with van der Waals surface area (Å²) in [6.45, 7) is -0.422. The molecule has 0 aromatic heterocycles. The van der Waals surface area contributed by atoms with Gasteiger partial charge in [-0.1, -0.05) is 18.2 Å². The van der Waals surface area contributed by atoms with Crippen LogP contribution in [-0.2, 0) is 20.9 Å². The minimum absolute atomic E-state index is 0.0771. The average molecular weight is 353 g/mol. The van der Waals surface area contributed by atoms with E-state index in [0.29, 0.717) is 0 Å². The summed E-state index contributed by atoms with van der Waals surface area (Å²) in [7, 11) is 0. The largest absolute Gasteiger partial charge is 0.350 e. The number of nitriles is 1. The maximum Gasteiger partial charge on any atom is 0.240 e. The summed E-state index contributed by atoms with van der Waals surface area (Å²) < 4.78 is 13.8. The van der Waals surface area contributed by atoms with Crippen LogP contribution in [0.15, 0.2) is 30.4 Å². The first-order valence-corrected chi connectivity index (χ1v) is 8.48. The van der Waals surface area contributed by atoms with Crippen molar-refractivity contribution in [1.82, 2.24) is 10.2 Å². The highest BCUT2D eigenvalue weighted by molar-refractivity contribution is 6.08. The van der Waals surface area contributed by atoms with E-state index in [-0.39, 0.29) is 59.7 Å². The fourth-order valence-corrected chi connectivity index (χ4v) is 4.27. The van der Waals surface area contributed by atoms with Gasteiger partial charge in [-0.2, -0.15) is 5.26 Å². The van der Waals surface area contributed by atoms with Gasteiger partial charge in [-0.25, -0.2) is 4.39 Å². The molecule has 1 heterocycles. The molecule has 6 nitrogen and oxygen atoms in total. The Kier molecular flexibility index (Phi) is 3.83. The van der Waals surface area contributed by atoms with Crippen LogP contribution >= 0.6 is 0 Å². The molecule has 2 bridgehead atoms. The number of halogens is 1. The lowest BCUT2D eigenvalue weighted by molar-refractivity contribution is -0.144. The molecule has 132 valence electrons. The van der Waals surface area contributed by atoms with Crippen LogP contribution in [-0.4, -0.2) is 29.2 Å². The van der Waals surface area contributed by atoms with Gasteiger partial charge in [0.2, 0.25) is 17.7 Å². The first-order chi connectivity index (χ1) is 12.5. The van der Waals surface area contributed by atoms with E-state index in [1.165, 1.54) is 12.1 Å². The number of nitrogens with one attached hydrogen (secondary N) is 1. The Bertz CT molecular complexity index is 859. The van der Waals surface area contributed by atoms with E-state index in [4.69, 9.17) is 5.26 Å². The van der Waals surface area contributed by atoms with E-state index in [0.717, 1.165) is 17.4 Å². The molecular weight excluding hydrogens is 337 g/mol. The SMILES string of the molecule is N#Cc1ccc(CNC(=O)CN2C(=O)[C@H]3[C@H](C2=O)[C@H]2C=C[C@H]3C2)c(F)c1. The Hall–Kier alpha value is -3.01. The summed E-state index contributed by atoms with van der Waals surface area (Å²) >= 11 is 0. The summed E-state index contributed by atoms with van der Waals surface area (Å²) in [5.41, 5.74) is 0.427. The number of benzene rings is 1. The van der Waals surface area contributed by atoms with Crippen LogP contribution in [0, 0.1) is 40.8 Å². The molecule has 3 amide bonds. The van der Waals surface area contributed by atoms with Gasteiger partial charge >= 0.3 is 0 Å². The summed E-state index contributed by atoms with van der Waals surface area (Å²) in [4.78, 5) is 38.2. The summed E-state index contributed by atoms with van der Waals surface area (Å²) in [5, 5.41) is 11.3. The Balaban J connectivity index is 1.38. The number of hydrogen-bond donors (Lipinski definition) is 1. The number of allylic oxidation sites excluding steroid dienone is 2. The standard InChI is InChI=1S/C19H16FN3O3/c20-14-5-10(7-21)1-2-13(14)8-22-15(24)9-23-18(25)16-11-3-4-12(6-11)17(16)19(23)26/h1-5,11-12,16-17H,6,8-9H2,(H,22,24)/t11-,12-,16+,17+/m0/s1. The van der Waals surface area contributed by atoms with Crippen LogP contribution in [0.5, 0.6) is 0 Å². The number of imide groups is 1. The maximum atomic E-state index is 13.8. The number of nitrogens with zero attached hydrogens (tertiary/aromatic N) is 2. The fourth-order valence-electron chi connectivity index (χ4n) is 4.27. The van der Waals surface area contributed by atoms with E-state index in [1.807, 2.05) is 18.2 Å². The molecule has 1 aromatic carbocycles. The quantitative estimate of drug-likeness (QED) is 0.649. The number of likely N-dealkylation sites (tertiary alicyclic amines) is 1. The molecule has 0 radical (unpaired) electrons. The summed E-state index contributed by atoms with van der Waals surface area (Å²) in [6.07, 6.45) is 4.83. The molecule has 7 heteroatoms. The predicted octanol–water partition coefficient (Wildman–Crippen LogP) is 1.12. The minimum Gasteiger partial charge on any atom is -0.350 e. The van der Waals surface area contributed by atoms with Crippen molar-refractivity contribution < 1.29 is 18.8 Å². The van der Waals surface area contributed by atoms with Crippen LogP contribution in [0.2, 0.25) is 0 Å². The molecule has 0 spiro atoms. The zero-order valence-electron chi connectivity index (χ0n) is 13.8. The van der Waals surface area contributed by atoms with E-state index < -0.39 is 11.7 Å². The third-order valence-corrected chi connectivity index (χ3v) is 5.52. The van der Waals surface area contributed by atoms with Gasteiger partial charge in [0.05, 0.1) is 23.5 Å². The second-order valence-corrected chi connectivity index (χ2v) is 6.96. The molecule has 3 aliphatic rings. The molecule has 0 unspecified atom stereocenters. The lowest BCUT2D eigenvalue weighted by Crippen LogP contribution is -2.41. The number of carbonyl (C=O) groups excluding carboxylic acids is 3. The molecule has 1 N–H and O–H groups in total. The van der Waals surface area contributed by atoms with Crippen molar-refractivity contribution >= 4 is 17.7 Å². The van der Waals surface area contributed by atoms with Gasteiger partial charge in [0.1, 0.15) is 12.4 Å². The topological polar surface area (TPSA) is 90.3 Å². The van der Waals surface area contributed by atoms with Gasteiger partial charge in [-0.3, -0.25) is 19.3 Å². The van der Waals surface area contributed by atoms with Crippen molar-refractivity contribution in [2.75, 3.05) is 6.54 Å². The first kappa shape index (κ1) is 16.5. The highest BCUT2D eigenvalue weighted by Crippen LogP contribution is 2.52. The van der Waals surface area contributed by atoms with Crippen molar-refractivity contribution in [2.45, 2.75) is 13.0 Å². The third kappa shape index (κ3) is 2.49. The van der Waals surface area contributed by atoms with E-state index >= 15 is 0 Å². The van der Waals surface area contributed by atoms with E-state index in [2.05, 4.69) is 5.32 Å².